The highest BCUT2D eigenvalue weighted by Gasteiger charge is 2.45. The fraction of sp³-hybridized carbons (Fsp3) is 0.438. The Bertz CT molecular complexity index is 590. The molecule has 19 heavy (non-hydrogen) atoms. The molecule has 1 amide bonds. The molecule has 98 valence electrons. The minimum atomic E-state index is 0.198. The number of hydrogen-bond donors (Lipinski definition) is 0. The van der Waals surface area contributed by atoms with E-state index in [0.717, 1.165) is 37.1 Å². The first-order valence-electron chi connectivity index (χ1n) is 6.97. The van der Waals surface area contributed by atoms with E-state index in [1.165, 1.54) is 11.1 Å². The van der Waals surface area contributed by atoms with E-state index < -0.39 is 0 Å². The molecule has 2 aliphatic heterocycles. The second-order valence-corrected chi connectivity index (χ2v) is 5.61. The van der Waals surface area contributed by atoms with Crippen molar-refractivity contribution < 1.29 is 9.53 Å². The van der Waals surface area contributed by atoms with Crippen LogP contribution in [0.5, 0.6) is 5.75 Å². The van der Waals surface area contributed by atoms with E-state index in [1.807, 2.05) is 12.1 Å². The molecule has 0 radical (unpaired) electrons. The zero-order chi connectivity index (χ0) is 13.0. The standard InChI is InChI=1S/C16H17NO2/c1-19-11-5-6-13-14(9-11)12-4-2-3-10-7-8-17(15(10)12)16(13)18/h3,5-6,9,12,15H,2,4,7-8H2,1H3/t12-,15-/m0/s1. The summed E-state index contributed by atoms with van der Waals surface area (Å²) in [5.74, 6) is 1.52. The predicted octanol–water partition coefficient (Wildman–Crippen LogP) is 2.73. The van der Waals surface area contributed by atoms with Gasteiger partial charge in [-0.1, -0.05) is 6.08 Å². The molecule has 0 unspecified atom stereocenters. The van der Waals surface area contributed by atoms with Crippen molar-refractivity contribution in [2.24, 2.45) is 0 Å². The fourth-order valence-electron chi connectivity index (χ4n) is 3.92. The number of rotatable bonds is 1. The van der Waals surface area contributed by atoms with Gasteiger partial charge in [0.05, 0.1) is 13.2 Å². The third-order valence-corrected chi connectivity index (χ3v) is 4.77. The van der Waals surface area contributed by atoms with E-state index in [1.54, 1.807) is 7.11 Å². The highest BCUT2D eigenvalue weighted by molar-refractivity contribution is 5.98. The van der Waals surface area contributed by atoms with Crippen LogP contribution in [-0.4, -0.2) is 30.5 Å². The van der Waals surface area contributed by atoms with Crippen molar-refractivity contribution in [2.75, 3.05) is 13.7 Å². The number of carbonyl (C=O) groups excluding carboxylic acids is 1. The maximum Gasteiger partial charge on any atom is 0.254 e. The molecule has 4 rings (SSSR count). The van der Waals surface area contributed by atoms with E-state index in [-0.39, 0.29) is 5.91 Å². The second-order valence-electron chi connectivity index (χ2n) is 5.61. The lowest BCUT2D eigenvalue weighted by Gasteiger charge is -2.40. The van der Waals surface area contributed by atoms with Crippen molar-refractivity contribution in [1.82, 2.24) is 4.90 Å². The fourth-order valence-corrected chi connectivity index (χ4v) is 3.92. The number of nitrogens with zero attached hydrogens (tertiary/aromatic N) is 1. The van der Waals surface area contributed by atoms with E-state index >= 15 is 0 Å². The van der Waals surface area contributed by atoms with Crippen molar-refractivity contribution >= 4 is 5.91 Å². The van der Waals surface area contributed by atoms with Crippen LogP contribution in [0, 0.1) is 0 Å². The molecule has 2 heterocycles. The van der Waals surface area contributed by atoms with Gasteiger partial charge in [-0.25, -0.2) is 0 Å². The minimum Gasteiger partial charge on any atom is -0.497 e. The smallest absolute Gasteiger partial charge is 0.254 e. The van der Waals surface area contributed by atoms with Gasteiger partial charge >= 0.3 is 0 Å². The highest BCUT2D eigenvalue weighted by atomic mass is 16.5. The molecule has 0 saturated carbocycles. The third kappa shape index (κ3) is 1.41. The molecule has 1 aromatic carbocycles. The van der Waals surface area contributed by atoms with E-state index in [4.69, 9.17) is 4.74 Å². The molecular formula is C16H17NO2. The Morgan fingerprint density at radius 2 is 2.26 bits per heavy atom. The summed E-state index contributed by atoms with van der Waals surface area (Å²) in [5, 5.41) is 0. The molecule has 1 saturated heterocycles. The molecular weight excluding hydrogens is 238 g/mol. The summed E-state index contributed by atoms with van der Waals surface area (Å²) in [4.78, 5) is 14.7. The van der Waals surface area contributed by atoms with Gasteiger partial charge in [0.2, 0.25) is 0 Å². The molecule has 0 spiro atoms. The lowest BCUT2D eigenvalue weighted by Crippen LogP contribution is -2.45. The van der Waals surface area contributed by atoms with Crippen molar-refractivity contribution in [2.45, 2.75) is 31.2 Å². The predicted molar refractivity (Wildman–Crippen MR) is 72.5 cm³/mol. The average molecular weight is 255 g/mol. The molecule has 1 aromatic rings. The molecule has 3 aliphatic rings. The Morgan fingerprint density at radius 3 is 3.11 bits per heavy atom. The van der Waals surface area contributed by atoms with Gasteiger partial charge in [0.25, 0.3) is 5.91 Å². The molecule has 0 N–H and O–H groups in total. The molecule has 3 nitrogen and oxygen atoms in total. The average Bonchev–Trinajstić information content (AvgIpc) is 2.89. The maximum atomic E-state index is 12.6. The van der Waals surface area contributed by atoms with Gasteiger partial charge in [0.15, 0.2) is 0 Å². The molecule has 2 atom stereocenters. The van der Waals surface area contributed by atoms with Crippen molar-refractivity contribution in [3.63, 3.8) is 0 Å². The van der Waals surface area contributed by atoms with Crippen LogP contribution in [0.2, 0.25) is 0 Å². The van der Waals surface area contributed by atoms with Gasteiger partial charge in [0, 0.05) is 18.0 Å². The third-order valence-electron chi connectivity index (χ3n) is 4.77. The Labute approximate surface area is 112 Å². The van der Waals surface area contributed by atoms with E-state index in [9.17, 15) is 4.79 Å². The van der Waals surface area contributed by atoms with Gasteiger partial charge in [0.1, 0.15) is 5.75 Å². The Hall–Kier alpha value is -1.77. The highest BCUT2D eigenvalue weighted by Crippen LogP contribution is 2.46. The summed E-state index contributed by atoms with van der Waals surface area (Å²) in [6.45, 7) is 0.886. The summed E-state index contributed by atoms with van der Waals surface area (Å²) in [5.41, 5.74) is 3.54. The molecule has 1 aliphatic carbocycles. The summed E-state index contributed by atoms with van der Waals surface area (Å²) in [6, 6.07) is 6.22. The van der Waals surface area contributed by atoms with Gasteiger partial charge in [-0.2, -0.15) is 0 Å². The molecule has 0 bridgehead atoms. The van der Waals surface area contributed by atoms with Crippen molar-refractivity contribution in [1.29, 1.82) is 0 Å². The first-order chi connectivity index (χ1) is 9.29. The maximum absolute atomic E-state index is 12.6. The Balaban J connectivity index is 1.90. The van der Waals surface area contributed by atoms with Crippen LogP contribution in [0.1, 0.15) is 41.1 Å². The number of carbonyl (C=O) groups is 1. The molecule has 1 fully saturated rings. The van der Waals surface area contributed by atoms with Crippen molar-refractivity contribution in [3.8, 4) is 5.75 Å². The van der Waals surface area contributed by atoms with Crippen LogP contribution in [0.3, 0.4) is 0 Å². The summed E-state index contributed by atoms with van der Waals surface area (Å²) in [7, 11) is 1.68. The molecule has 0 aromatic heterocycles. The number of amides is 1. The number of fused-ring (bicyclic) bond motifs is 2. The Kier molecular flexibility index (Phi) is 2.25. The monoisotopic (exact) mass is 255 g/mol. The van der Waals surface area contributed by atoms with Gasteiger partial charge in [-0.05, 0) is 48.6 Å². The lowest BCUT2D eigenvalue weighted by molar-refractivity contribution is 0.0695. The zero-order valence-corrected chi connectivity index (χ0v) is 11.1. The first-order valence-corrected chi connectivity index (χ1v) is 6.97. The summed E-state index contributed by atoms with van der Waals surface area (Å²) in [6.07, 6.45) is 5.67. The van der Waals surface area contributed by atoms with Crippen LogP contribution in [0.4, 0.5) is 0 Å². The zero-order valence-electron chi connectivity index (χ0n) is 11.1. The normalized spacial score (nSPS) is 27.7. The van der Waals surface area contributed by atoms with Crippen molar-refractivity contribution in [3.05, 3.63) is 41.0 Å². The topological polar surface area (TPSA) is 29.5 Å². The number of benzene rings is 1. The van der Waals surface area contributed by atoms with Gasteiger partial charge < -0.3 is 9.64 Å². The number of allylic oxidation sites excluding steroid dienone is 1. The van der Waals surface area contributed by atoms with E-state index in [2.05, 4.69) is 17.0 Å². The van der Waals surface area contributed by atoms with Gasteiger partial charge in [-0.15, -0.1) is 0 Å². The second kappa shape index (κ2) is 3.86. The van der Waals surface area contributed by atoms with Crippen LogP contribution < -0.4 is 4.74 Å². The lowest BCUT2D eigenvalue weighted by atomic mass is 9.75. The largest absolute Gasteiger partial charge is 0.497 e. The van der Waals surface area contributed by atoms with Gasteiger partial charge in [-0.3, -0.25) is 4.79 Å². The number of hydrogen-bond acceptors (Lipinski definition) is 2. The number of methoxy groups -OCH3 is 1. The van der Waals surface area contributed by atoms with Crippen LogP contribution in [0.25, 0.3) is 0 Å². The Morgan fingerprint density at radius 1 is 1.37 bits per heavy atom. The summed E-state index contributed by atoms with van der Waals surface area (Å²) >= 11 is 0. The van der Waals surface area contributed by atoms with Crippen LogP contribution in [0.15, 0.2) is 29.8 Å². The SMILES string of the molecule is COc1ccc2c(c1)[C@@H]1CCC=C3CCN(C2=O)[C@@H]31. The van der Waals surface area contributed by atoms with E-state index in [0.29, 0.717) is 12.0 Å². The molecule has 3 heteroatoms. The minimum absolute atomic E-state index is 0.198. The quantitative estimate of drug-likeness (QED) is 0.722. The van der Waals surface area contributed by atoms with Crippen LogP contribution in [-0.2, 0) is 0 Å². The summed E-state index contributed by atoms with van der Waals surface area (Å²) < 4.78 is 5.33. The first kappa shape index (κ1) is 11.1. The van der Waals surface area contributed by atoms with Crippen LogP contribution >= 0.6 is 0 Å². The number of ether oxygens (including phenoxy) is 1.